The molecule has 0 spiro atoms. The maximum absolute atomic E-state index is 13.0. The van der Waals surface area contributed by atoms with Crippen LogP contribution in [0.15, 0.2) is 107 Å². The van der Waals surface area contributed by atoms with Crippen molar-refractivity contribution in [3.8, 4) is 11.5 Å². The molecule has 4 aromatic rings. The van der Waals surface area contributed by atoms with Gasteiger partial charge in [-0.05, 0) is 96.9 Å². The van der Waals surface area contributed by atoms with Gasteiger partial charge in [-0.15, -0.1) is 0 Å². The van der Waals surface area contributed by atoms with E-state index in [1.54, 1.807) is 54.6 Å². The van der Waals surface area contributed by atoms with E-state index in [9.17, 15) is 17.9 Å². The number of aliphatic hydroxyl groups excluding tert-OH is 1. The van der Waals surface area contributed by atoms with Gasteiger partial charge in [-0.1, -0.05) is 35.9 Å². The van der Waals surface area contributed by atoms with Gasteiger partial charge in [0.2, 0.25) is 9.84 Å². The van der Waals surface area contributed by atoms with Crippen LogP contribution < -0.4 is 10.1 Å². The zero-order valence-corrected chi connectivity index (χ0v) is 20.8. The number of aliphatic hydroxyl groups is 1. The van der Waals surface area contributed by atoms with Crippen LogP contribution in [0.5, 0.6) is 11.5 Å². The summed E-state index contributed by atoms with van der Waals surface area (Å²) in [6, 6.07) is 25.5. The fourth-order valence-electron chi connectivity index (χ4n) is 3.60. The third kappa shape index (κ3) is 6.71. The number of halogens is 2. The minimum absolute atomic E-state index is 0.151. The molecule has 0 unspecified atom stereocenters. The number of hydrogen-bond acceptors (Lipinski definition) is 5. The molecule has 4 rings (SSSR count). The molecule has 0 aromatic heterocycles. The van der Waals surface area contributed by atoms with Gasteiger partial charge in [-0.3, -0.25) is 0 Å². The van der Waals surface area contributed by atoms with Crippen molar-refractivity contribution in [2.24, 2.45) is 0 Å². The molecule has 0 aliphatic carbocycles. The number of rotatable bonds is 10. The smallest absolute Gasteiger partial charge is 0.206 e. The van der Waals surface area contributed by atoms with Crippen molar-refractivity contribution in [1.82, 2.24) is 5.32 Å². The Morgan fingerprint density at radius 3 is 2.06 bits per heavy atom. The van der Waals surface area contributed by atoms with Gasteiger partial charge < -0.3 is 15.2 Å². The topological polar surface area (TPSA) is 75.6 Å². The van der Waals surface area contributed by atoms with Crippen molar-refractivity contribution < 1.29 is 22.7 Å². The molecule has 4 aromatic carbocycles. The molecule has 1 atom stereocenters. The average molecular weight is 526 g/mol. The number of hydrogen-bond donors (Lipinski definition) is 2. The lowest BCUT2D eigenvalue weighted by atomic mass is 10.1. The molecule has 0 heterocycles. The maximum atomic E-state index is 13.0. The Bertz CT molecular complexity index is 1390. The molecule has 0 amide bonds. The molecule has 0 aliphatic rings. The summed E-state index contributed by atoms with van der Waals surface area (Å²) in [7, 11) is -3.69. The summed E-state index contributed by atoms with van der Waals surface area (Å²) in [5.74, 6) is 0.540. The van der Waals surface area contributed by atoms with Gasteiger partial charge in [0.05, 0.1) is 15.9 Å². The van der Waals surface area contributed by atoms with Gasteiger partial charge in [0.15, 0.2) is 0 Å². The van der Waals surface area contributed by atoms with E-state index in [-0.39, 0.29) is 15.6 Å². The lowest BCUT2D eigenvalue weighted by Crippen LogP contribution is -2.23. The quantitative estimate of drug-likeness (QED) is 0.249. The molecule has 186 valence electrons. The molecule has 5 nitrogen and oxygen atoms in total. The summed E-state index contributed by atoms with van der Waals surface area (Å²) in [6.07, 6.45) is 0.0153. The molecule has 0 bridgehead atoms. The van der Waals surface area contributed by atoms with Crippen LogP contribution in [0.3, 0.4) is 0 Å². The molecule has 0 saturated carbocycles. The highest BCUT2D eigenvalue weighted by Crippen LogP contribution is 2.26. The van der Waals surface area contributed by atoms with Crippen molar-refractivity contribution in [3.63, 3.8) is 0 Å². The summed E-state index contributed by atoms with van der Waals surface area (Å²) in [4.78, 5) is 0.348. The van der Waals surface area contributed by atoms with Crippen LogP contribution in [-0.2, 0) is 16.3 Å². The van der Waals surface area contributed by atoms with E-state index < -0.39 is 15.9 Å². The molecule has 0 radical (unpaired) electrons. The van der Waals surface area contributed by atoms with Crippen LogP contribution in [0, 0.1) is 5.82 Å². The summed E-state index contributed by atoms with van der Waals surface area (Å²) in [5.41, 5.74) is 1.72. The van der Waals surface area contributed by atoms with Gasteiger partial charge in [0.1, 0.15) is 17.3 Å². The van der Waals surface area contributed by atoms with Crippen LogP contribution >= 0.6 is 11.6 Å². The summed E-state index contributed by atoms with van der Waals surface area (Å²) < 4.78 is 44.7. The predicted octanol–water partition coefficient (Wildman–Crippen LogP) is 5.97. The van der Waals surface area contributed by atoms with Crippen molar-refractivity contribution in [1.29, 1.82) is 0 Å². The second-order valence-corrected chi connectivity index (χ2v) is 10.6. The lowest BCUT2D eigenvalue weighted by Gasteiger charge is -2.13. The zero-order valence-electron chi connectivity index (χ0n) is 19.3. The van der Waals surface area contributed by atoms with E-state index in [2.05, 4.69) is 5.32 Å². The highest BCUT2D eigenvalue weighted by atomic mass is 35.5. The lowest BCUT2D eigenvalue weighted by molar-refractivity contribution is 0.175. The summed E-state index contributed by atoms with van der Waals surface area (Å²) >= 11 is 5.96. The Labute approximate surface area is 215 Å². The van der Waals surface area contributed by atoms with Gasteiger partial charge in [0, 0.05) is 11.6 Å². The Morgan fingerprint density at radius 1 is 0.861 bits per heavy atom. The van der Waals surface area contributed by atoms with Gasteiger partial charge in [0.25, 0.3) is 0 Å². The first-order valence-corrected chi connectivity index (χ1v) is 13.2. The Balaban J connectivity index is 1.31. The minimum Gasteiger partial charge on any atom is -0.457 e. The maximum Gasteiger partial charge on any atom is 0.206 e. The average Bonchev–Trinajstić information content (AvgIpc) is 2.88. The molecular formula is C28H25ClFNO4S. The van der Waals surface area contributed by atoms with E-state index in [1.165, 1.54) is 36.4 Å². The van der Waals surface area contributed by atoms with Crippen LogP contribution in [0.4, 0.5) is 4.39 Å². The molecule has 0 fully saturated rings. The second-order valence-electron chi connectivity index (χ2n) is 8.20. The van der Waals surface area contributed by atoms with E-state index in [4.69, 9.17) is 16.3 Å². The first-order valence-electron chi connectivity index (χ1n) is 11.3. The normalized spacial score (nSPS) is 12.3. The number of sulfone groups is 1. The van der Waals surface area contributed by atoms with Crippen molar-refractivity contribution in [2.75, 3.05) is 13.1 Å². The van der Waals surface area contributed by atoms with Crippen molar-refractivity contribution in [2.45, 2.75) is 22.3 Å². The largest absolute Gasteiger partial charge is 0.457 e. The highest BCUT2D eigenvalue weighted by molar-refractivity contribution is 7.91. The monoisotopic (exact) mass is 525 g/mol. The number of nitrogens with one attached hydrogen (secondary N) is 1. The fourth-order valence-corrected chi connectivity index (χ4v) is 5.06. The van der Waals surface area contributed by atoms with E-state index in [1.807, 2.05) is 6.07 Å². The van der Waals surface area contributed by atoms with Gasteiger partial charge in [-0.25, -0.2) is 12.8 Å². The van der Waals surface area contributed by atoms with E-state index in [0.717, 1.165) is 11.1 Å². The van der Waals surface area contributed by atoms with E-state index in [0.29, 0.717) is 36.0 Å². The standard InChI is InChI=1S/C28H25ClFNO4S/c29-22-3-1-2-21(18-22)28(32)19-31-17-16-20-4-12-26(13-5-20)36(33,34)27-14-10-25(11-15-27)35-24-8-6-23(30)7-9-24/h1-15,18,28,31-32H,16-17,19H2/t28-/m0/s1. The van der Waals surface area contributed by atoms with Crippen LogP contribution in [0.1, 0.15) is 17.2 Å². The van der Waals surface area contributed by atoms with Gasteiger partial charge in [-0.2, -0.15) is 0 Å². The second kappa shape index (κ2) is 11.7. The third-order valence-corrected chi connectivity index (χ3v) is 7.60. The first-order chi connectivity index (χ1) is 17.3. The van der Waals surface area contributed by atoms with Crippen LogP contribution in [-0.4, -0.2) is 26.6 Å². The van der Waals surface area contributed by atoms with Crippen LogP contribution in [0.25, 0.3) is 0 Å². The molecule has 0 aliphatic heterocycles. The molecular weight excluding hydrogens is 501 g/mol. The van der Waals surface area contributed by atoms with E-state index >= 15 is 0 Å². The van der Waals surface area contributed by atoms with Crippen molar-refractivity contribution in [3.05, 3.63) is 119 Å². The van der Waals surface area contributed by atoms with Crippen LogP contribution in [0.2, 0.25) is 5.02 Å². The molecule has 8 heteroatoms. The molecule has 2 N–H and O–H groups in total. The predicted molar refractivity (Wildman–Crippen MR) is 138 cm³/mol. The third-order valence-electron chi connectivity index (χ3n) is 5.58. The van der Waals surface area contributed by atoms with Crippen molar-refractivity contribution >= 4 is 21.4 Å². The Kier molecular flexibility index (Phi) is 8.38. The summed E-state index contributed by atoms with van der Waals surface area (Å²) in [6.45, 7) is 1.01. The minimum atomic E-state index is -3.69. The molecule has 36 heavy (non-hydrogen) atoms. The Morgan fingerprint density at radius 2 is 1.44 bits per heavy atom. The fraction of sp³-hybridized carbons (Fsp3) is 0.143. The van der Waals surface area contributed by atoms with Gasteiger partial charge >= 0.3 is 0 Å². The Hall–Kier alpha value is -3.23. The first kappa shape index (κ1) is 25.9. The number of ether oxygens (including phenoxy) is 1. The number of benzene rings is 4. The SMILES string of the molecule is O=S(=O)(c1ccc(CCNC[C@H](O)c2cccc(Cl)c2)cc1)c1ccc(Oc2ccc(F)cc2)cc1. The summed E-state index contributed by atoms with van der Waals surface area (Å²) in [5, 5.41) is 14.1. The molecule has 0 saturated heterocycles. The highest BCUT2D eigenvalue weighted by Gasteiger charge is 2.17. The zero-order chi connectivity index (χ0) is 25.5.